The molecule has 1 heterocycles. The zero-order chi connectivity index (χ0) is 12.1. The maximum Gasteiger partial charge on any atom is 0.228 e. The molecule has 0 spiro atoms. The Labute approximate surface area is 114 Å². The first-order valence-electron chi connectivity index (χ1n) is 5.90. The van der Waals surface area contributed by atoms with E-state index in [-0.39, 0.29) is 24.4 Å². The summed E-state index contributed by atoms with van der Waals surface area (Å²) < 4.78 is 5.34. The van der Waals surface area contributed by atoms with E-state index < -0.39 is 0 Å². The van der Waals surface area contributed by atoms with Crippen molar-refractivity contribution in [2.24, 2.45) is 0 Å². The van der Waals surface area contributed by atoms with Crippen molar-refractivity contribution in [2.75, 3.05) is 31.7 Å². The van der Waals surface area contributed by atoms with Gasteiger partial charge in [0.05, 0.1) is 13.2 Å². The van der Waals surface area contributed by atoms with Crippen molar-refractivity contribution in [1.82, 2.24) is 5.32 Å². The molecular formula is C13H19ClN2O2. The van der Waals surface area contributed by atoms with Crippen LogP contribution in [0.1, 0.15) is 6.42 Å². The highest BCUT2D eigenvalue weighted by Crippen LogP contribution is 2.13. The highest BCUT2D eigenvalue weighted by molar-refractivity contribution is 5.93. The van der Waals surface area contributed by atoms with Crippen LogP contribution in [-0.2, 0) is 9.53 Å². The minimum Gasteiger partial charge on any atom is -0.378 e. The molecule has 1 aliphatic rings. The van der Waals surface area contributed by atoms with Gasteiger partial charge in [-0.1, -0.05) is 18.2 Å². The van der Waals surface area contributed by atoms with Gasteiger partial charge in [0.1, 0.15) is 0 Å². The molecule has 1 amide bonds. The lowest BCUT2D eigenvalue weighted by Gasteiger charge is -2.25. The van der Waals surface area contributed by atoms with Crippen LogP contribution in [0.3, 0.4) is 0 Å². The van der Waals surface area contributed by atoms with Crippen LogP contribution < -0.4 is 10.2 Å². The Bertz CT molecular complexity index is 367. The molecule has 100 valence electrons. The molecule has 0 aliphatic carbocycles. The second-order valence-electron chi connectivity index (χ2n) is 4.22. The minimum atomic E-state index is 0. The van der Waals surface area contributed by atoms with Crippen molar-refractivity contribution in [3.63, 3.8) is 0 Å². The number of halogens is 1. The first-order valence-corrected chi connectivity index (χ1v) is 5.90. The number of rotatable bonds is 3. The van der Waals surface area contributed by atoms with Crippen LogP contribution in [0, 0.1) is 0 Å². The molecule has 1 saturated heterocycles. The van der Waals surface area contributed by atoms with Gasteiger partial charge in [-0.05, 0) is 12.1 Å². The van der Waals surface area contributed by atoms with Crippen LogP contribution in [0.25, 0.3) is 0 Å². The fourth-order valence-corrected chi connectivity index (χ4v) is 1.89. The minimum absolute atomic E-state index is 0. The Kier molecular flexibility index (Phi) is 6.12. The van der Waals surface area contributed by atoms with Gasteiger partial charge in [0.25, 0.3) is 0 Å². The van der Waals surface area contributed by atoms with Crippen LogP contribution >= 0.6 is 12.4 Å². The van der Waals surface area contributed by atoms with Crippen molar-refractivity contribution in [3.05, 3.63) is 30.3 Å². The monoisotopic (exact) mass is 270 g/mol. The average molecular weight is 271 g/mol. The largest absolute Gasteiger partial charge is 0.378 e. The Balaban J connectivity index is 0.00000162. The van der Waals surface area contributed by atoms with E-state index in [1.54, 1.807) is 11.9 Å². The Morgan fingerprint density at radius 1 is 1.44 bits per heavy atom. The zero-order valence-corrected chi connectivity index (χ0v) is 11.3. The number of nitrogens with one attached hydrogen (secondary N) is 1. The molecule has 0 aromatic heterocycles. The van der Waals surface area contributed by atoms with Crippen LogP contribution in [-0.4, -0.2) is 38.8 Å². The van der Waals surface area contributed by atoms with Gasteiger partial charge in [-0.15, -0.1) is 12.4 Å². The molecule has 5 heteroatoms. The fraction of sp³-hybridized carbons (Fsp3) is 0.462. The number of benzene rings is 1. The van der Waals surface area contributed by atoms with E-state index in [9.17, 15) is 4.79 Å². The lowest BCUT2D eigenvalue weighted by Crippen LogP contribution is -2.44. The van der Waals surface area contributed by atoms with E-state index in [2.05, 4.69) is 5.32 Å². The highest BCUT2D eigenvalue weighted by Gasteiger charge is 2.19. The molecule has 1 N–H and O–H groups in total. The van der Waals surface area contributed by atoms with Crippen LogP contribution in [0.15, 0.2) is 30.3 Å². The van der Waals surface area contributed by atoms with Gasteiger partial charge in [-0.25, -0.2) is 0 Å². The normalized spacial score (nSPS) is 18.8. The molecular weight excluding hydrogens is 252 g/mol. The summed E-state index contributed by atoms with van der Waals surface area (Å²) >= 11 is 0. The van der Waals surface area contributed by atoms with E-state index >= 15 is 0 Å². The van der Waals surface area contributed by atoms with E-state index in [1.165, 1.54) is 0 Å². The molecule has 0 radical (unpaired) electrons. The van der Waals surface area contributed by atoms with Crippen LogP contribution in [0.2, 0.25) is 0 Å². The van der Waals surface area contributed by atoms with Crippen molar-refractivity contribution >= 4 is 24.0 Å². The zero-order valence-electron chi connectivity index (χ0n) is 10.5. The quantitative estimate of drug-likeness (QED) is 0.904. The van der Waals surface area contributed by atoms with Crippen molar-refractivity contribution < 1.29 is 9.53 Å². The molecule has 0 saturated carbocycles. The second kappa shape index (κ2) is 7.36. The van der Waals surface area contributed by atoms with E-state index in [0.29, 0.717) is 13.0 Å². The number of carbonyl (C=O) groups is 1. The smallest absolute Gasteiger partial charge is 0.228 e. The van der Waals surface area contributed by atoms with Gasteiger partial charge in [-0.3, -0.25) is 4.79 Å². The summed E-state index contributed by atoms with van der Waals surface area (Å²) in [5.74, 6) is 0.110. The topological polar surface area (TPSA) is 41.6 Å². The van der Waals surface area contributed by atoms with Crippen LogP contribution in [0.4, 0.5) is 5.69 Å². The molecule has 4 nitrogen and oxygen atoms in total. The number of amides is 1. The predicted octanol–water partition coefficient (Wildman–Crippen LogP) is 1.45. The third kappa shape index (κ3) is 3.98. The molecule has 2 rings (SSSR count). The highest BCUT2D eigenvalue weighted by atomic mass is 35.5. The summed E-state index contributed by atoms with van der Waals surface area (Å²) in [6.45, 7) is 2.18. The third-order valence-electron chi connectivity index (χ3n) is 2.94. The number of morpholine rings is 1. The van der Waals surface area contributed by atoms with Gasteiger partial charge >= 0.3 is 0 Å². The van der Waals surface area contributed by atoms with Gasteiger partial charge in [0, 0.05) is 31.7 Å². The summed E-state index contributed by atoms with van der Waals surface area (Å²) in [6, 6.07) is 9.81. The number of hydrogen-bond donors (Lipinski definition) is 1. The first-order chi connectivity index (χ1) is 8.27. The second-order valence-corrected chi connectivity index (χ2v) is 4.22. The van der Waals surface area contributed by atoms with Gasteiger partial charge < -0.3 is 15.0 Å². The van der Waals surface area contributed by atoms with E-state index in [1.807, 2.05) is 30.3 Å². The number of nitrogens with zero attached hydrogens (tertiary/aromatic N) is 1. The predicted molar refractivity (Wildman–Crippen MR) is 74.3 cm³/mol. The summed E-state index contributed by atoms with van der Waals surface area (Å²) in [5.41, 5.74) is 0.925. The first kappa shape index (κ1) is 15.0. The van der Waals surface area contributed by atoms with Crippen molar-refractivity contribution in [2.45, 2.75) is 12.5 Å². The Morgan fingerprint density at radius 3 is 2.78 bits per heavy atom. The summed E-state index contributed by atoms with van der Waals surface area (Å²) in [6.07, 6.45) is 0.478. The van der Waals surface area contributed by atoms with Crippen LogP contribution in [0.5, 0.6) is 0 Å². The summed E-state index contributed by atoms with van der Waals surface area (Å²) in [7, 11) is 1.81. The molecule has 1 atom stereocenters. The third-order valence-corrected chi connectivity index (χ3v) is 2.94. The molecule has 1 unspecified atom stereocenters. The molecule has 1 aromatic carbocycles. The van der Waals surface area contributed by atoms with Gasteiger partial charge in [0.15, 0.2) is 0 Å². The Morgan fingerprint density at radius 2 is 2.17 bits per heavy atom. The standard InChI is InChI=1S/C13H18N2O2.ClH/c1-15(12-5-3-2-4-6-12)13(16)9-11-10-17-8-7-14-11;/h2-6,11,14H,7-10H2,1H3;1H. The van der Waals surface area contributed by atoms with Crippen molar-refractivity contribution in [3.8, 4) is 0 Å². The number of carbonyl (C=O) groups excluding carboxylic acids is 1. The van der Waals surface area contributed by atoms with E-state index in [4.69, 9.17) is 4.74 Å². The molecule has 0 bridgehead atoms. The van der Waals surface area contributed by atoms with E-state index in [0.717, 1.165) is 18.8 Å². The fourth-order valence-electron chi connectivity index (χ4n) is 1.89. The Hall–Kier alpha value is -1.10. The number of para-hydroxylation sites is 1. The molecule has 1 aliphatic heterocycles. The van der Waals surface area contributed by atoms with Gasteiger partial charge in [-0.2, -0.15) is 0 Å². The molecule has 1 fully saturated rings. The summed E-state index contributed by atoms with van der Waals surface area (Å²) in [4.78, 5) is 13.7. The maximum absolute atomic E-state index is 12.0. The number of anilines is 1. The average Bonchev–Trinajstić information content (AvgIpc) is 2.40. The maximum atomic E-state index is 12.0. The van der Waals surface area contributed by atoms with Crippen molar-refractivity contribution in [1.29, 1.82) is 0 Å². The molecule has 1 aromatic rings. The SMILES string of the molecule is CN(C(=O)CC1COCCN1)c1ccccc1.Cl. The number of ether oxygens (including phenoxy) is 1. The molecule has 18 heavy (non-hydrogen) atoms. The lowest BCUT2D eigenvalue weighted by molar-refractivity contribution is -0.119. The lowest BCUT2D eigenvalue weighted by atomic mass is 10.1. The number of hydrogen-bond acceptors (Lipinski definition) is 3. The van der Waals surface area contributed by atoms with Gasteiger partial charge in [0.2, 0.25) is 5.91 Å². The summed E-state index contributed by atoms with van der Waals surface area (Å²) in [5, 5.41) is 3.28.